The van der Waals surface area contributed by atoms with Crippen molar-refractivity contribution in [2.24, 2.45) is 0 Å². The molecule has 1 aliphatic rings. The molecule has 0 saturated carbocycles. The molecule has 1 saturated heterocycles. The molecule has 1 aliphatic heterocycles. The molecule has 2 aromatic rings. The van der Waals surface area contributed by atoms with Gasteiger partial charge in [0, 0.05) is 29.3 Å². The number of aryl methyl sites for hydroxylation is 2. The van der Waals surface area contributed by atoms with E-state index in [2.05, 4.69) is 60.2 Å². The Bertz CT molecular complexity index is 597. The number of nitrogens with one attached hydrogen (secondary N) is 1. The van der Waals surface area contributed by atoms with Crippen molar-refractivity contribution < 1.29 is 0 Å². The molecule has 1 unspecified atom stereocenters. The van der Waals surface area contributed by atoms with Gasteiger partial charge in [-0.2, -0.15) is 0 Å². The van der Waals surface area contributed by atoms with Gasteiger partial charge in [0.15, 0.2) is 0 Å². The summed E-state index contributed by atoms with van der Waals surface area (Å²) in [7, 11) is 0. The molecule has 0 aliphatic carbocycles. The standard InChI is InChI=1S/C17H23N3S/c1-12(17-13(2)21-14(3)19-17)18-15-6-8-16(9-7-15)20-10-4-5-11-20/h6-9,12,18H,4-5,10-11H2,1-3H3. The third-order valence-electron chi connectivity index (χ3n) is 4.07. The van der Waals surface area contributed by atoms with Crippen LogP contribution in [0.2, 0.25) is 0 Å². The van der Waals surface area contributed by atoms with E-state index in [0.717, 1.165) is 10.7 Å². The fraction of sp³-hybridized carbons (Fsp3) is 0.471. The summed E-state index contributed by atoms with van der Waals surface area (Å²) in [6.07, 6.45) is 2.64. The van der Waals surface area contributed by atoms with Crippen LogP contribution in [0, 0.1) is 13.8 Å². The maximum Gasteiger partial charge on any atom is 0.0901 e. The summed E-state index contributed by atoms with van der Waals surface area (Å²) >= 11 is 1.77. The summed E-state index contributed by atoms with van der Waals surface area (Å²) in [6, 6.07) is 9.05. The summed E-state index contributed by atoms with van der Waals surface area (Å²) in [6.45, 7) is 8.78. The Morgan fingerprint density at radius 2 is 1.81 bits per heavy atom. The molecular formula is C17H23N3S. The molecule has 1 N–H and O–H groups in total. The van der Waals surface area contributed by atoms with Crippen molar-refractivity contribution in [2.75, 3.05) is 23.3 Å². The van der Waals surface area contributed by atoms with Gasteiger partial charge in [0.05, 0.1) is 16.7 Å². The van der Waals surface area contributed by atoms with Crippen LogP contribution in [0.4, 0.5) is 11.4 Å². The fourth-order valence-corrected chi connectivity index (χ4v) is 3.92. The van der Waals surface area contributed by atoms with E-state index in [1.54, 1.807) is 11.3 Å². The topological polar surface area (TPSA) is 28.2 Å². The first-order valence-electron chi connectivity index (χ1n) is 7.69. The summed E-state index contributed by atoms with van der Waals surface area (Å²) in [4.78, 5) is 8.40. The normalized spacial score (nSPS) is 16.2. The van der Waals surface area contributed by atoms with Crippen molar-refractivity contribution in [1.82, 2.24) is 4.98 Å². The van der Waals surface area contributed by atoms with Gasteiger partial charge in [-0.3, -0.25) is 0 Å². The van der Waals surface area contributed by atoms with Gasteiger partial charge in [-0.1, -0.05) is 0 Å². The van der Waals surface area contributed by atoms with Crippen LogP contribution in [0.15, 0.2) is 24.3 Å². The van der Waals surface area contributed by atoms with Crippen LogP contribution in [-0.4, -0.2) is 18.1 Å². The fourth-order valence-electron chi connectivity index (χ4n) is 3.01. The van der Waals surface area contributed by atoms with Gasteiger partial charge in [-0.25, -0.2) is 4.98 Å². The van der Waals surface area contributed by atoms with Crippen molar-refractivity contribution >= 4 is 22.7 Å². The van der Waals surface area contributed by atoms with Crippen molar-refractivity contribution in [3.05, 3.63) is 39.8 Å². The SMILES string of the molecule is Cc1nc(C(C)Nc2ccc(N3CCCC3)cc2)c(C)s1. The number of aromatic nitrogens is 1. The predicted octanol–water partition coefficient (Wildman–Crippen LogP) is 4.53. The van der Waals surface area contributed by atoms with Crippen LogP contribution in [0.5, 0.6) is 0 Å². The molecular weight excluding hydrogens is 278 g/mol. The second-order valence-corrected chi connectivity index (χ2v) is 7.19. The summed E-state index contributed by atoms with van der Waals surface area (Å²) in [5.41, 5.74) is 3.67. The first-order chi connectivity index (χ1) is 10.1. The Morgan fingerprint density at radius 1 is 1.14 bits per heavy atom. The molecule has 1 atom stereocenters. The third-order valence-corrected chi connectivity index (χ3v) is 4.97. The molecule has 0 spiro atoms. The second-order valence-electron chi connectivity index (χ2n) is 5.78. The zero-order valence-corrected chi connectivity index (χ0v) is 13.8. The second kappa shape index (κ2) is 6.06. The smallest absolute Gasteiger partial charge is 0.0901 e. The predicted molar refractivity (Wildman–Crippen MR) is 91.5 cm³/mol. The molecule has 1 aromatic carbocycles. The first kappa shape index (κ1) is 14.4. The average Bonchev–Trinajstić information content (AvgIpc) is 3.09. The van der Waals surface area contributed by atoms with Crippen LogP contribution in [0.25, 0.3) is 0 Å². The van der Waals surface area contributed by atoms with E-state index in [0.29, 0.717) is 0 Å². The quantitative estimate of drug-likeness (QED) is 0.899. The summed E-state index contributed by atoms with van der Waals surface area (Å²) in [5.74, 6) is 0. The molecule has 0 amide bonds. The van der Waals surface area contributed by atoms with Gasteiger partial charge in [0.25, 0.3) is 0 Å². The lowest BCUT2D eigenvalue weighted by atomic mass is 10.2. The van der Waals surface area contributed by atoms with Crippen LogP contribution in [0.1, 0.15) is 41.4 Å². The molecule has 3 nitrogen and oxygen atoms in total. The molecule has 0 bridgehead atoms. The van der Waals surface area contributed by atoms with Gasteiger partial charge in [-0.05, 0) is 57.9 Å². The minimum atomic E-state index is 0.243. The first-order valence-corrected chi connectivity index (χ1v) is 8.50. The number of hydrogen-bond donors (Lipinski definition) is 1. The van der Waals surface area contributed by atoms with E-state index in [1.165, 1.54) is 42.2 Å². The third kappa shape index (κ3) is 3.21. The Hall–Kier alpha value is -1.55. The lowest BCUT2D eigenvalue weighted by Gasteiger charge is -2.19. The molecule has 0 radical (unpaired) electrons. The van der Waals surface area contributed by atoms with Crippen LogP contribution < -0.4 is 10.2 Å². The lowest BCUT2D eigenvalue weighted by Crippen LogP contribution is -2.17. The average molecular weight is 301 g/mol. The number of rotatable bonds is 4. The van der Waals surface area contributed by atoms with E-state index >= 15 is 0 Å². The van der Waals surface area contributed by atoms with Crippen LogP contribution in [0.3, 0.4) is 0 Å². The molecule has 2 heterocycles. The highest BCUT2D eigenvalue weighted by Crippen LogP contribution is 2.27. The van der Waals surface area contributed by atoms with Crippen molar-refractivity contribution in [3.63, 3.8) is 0 Å². The number of benzene rings is 1. The molecule has 1 fully saturated rings. The van der Waals surface area contributed by atoms with Gasteiger partial charge in [-0.15, -0.1) is 11.3 Å². The largest absolute Gasteiger partial charge is 0.377 e. The van der Waals surface area contributed by atoms with Crippen molar-refractivity contribution in [2.45, 2.75) is 39.7 Å². The van der Waals surface area contributed by atoms with E-state index in [9.17, 15) is 0 Å². The Balaban J connectivity index is 1.68. The number of thiazole rings is 1. The number of hydrogen-bond acceptors (Lipinski definition) is 4. The highest BCUT2D eigenvalue weighted by Gasteiger charge is 2.14. The minimum Gasteiger partial charge on any atom is -0.377 e. The van der Waals surface area contributed by atoms with Gasteiger partial charge in [0.2, 0.25) is 0 Å². The molecule has 21 heavy (non-hydrogen) atoms. The molecule has 4 heteroatoms. The number of anilines is 2. The maximum atomic E-state index is 4.63. The zero-order chi connectivity index (χ0) is 14.8. The number of nitrogens with zero attached hydrogens (tertiary/aromatic N) is 2. The Kier molecular flexibility index (Phi) is 4.15. The zero-order valence-electron chi connectivity index (χ0n) is 13.0. The van der Waals surface area contributed by atoms with E-state index in [4.69, 9.17) is 0 Å². The summed E-state index contributed by atoms with van der Waals surface area (Å²) < 4.78 is 0. The molecule has 1 aromatic heterocycles. The van der Waals surface area contributed by atoms with E-state index in [-0.39, 0.29) is 6.04 Å². The maximum absolute atomic E-state index is 4.63. The Labute approximate surface area is 131 Å². The summed E-state index contributed by atoms with van der Waals surface area (Å²) in [5, 5.41) is 4.70. The van der Waals surface area contributed by atoms with Crippen LogP contribution >= 0.6 is 11.3 Å². The Morgan fingerprint density at radius 3 is 2.38 bits per heavy atom. The van der Waals surface area contributed by atoms with E-state index < -0.39 is 0 Å². The molecule has 3 rings (SSSR count). The molecule has 112 valence electrons. The van der Waals surface area contributed by atoms with Crippen molar-refractivity contribution in [3.8, 4) is 0 Å². The van der Waals surface area contributed by atoms with Crippen molar-refractivity contribution in [1.29, 1.82) is 0 Å². The lowest BCUT2D eigenvalue weighted by molar-refractivity contribution is 0.837. The highest BCUT2D eigenvalue weighted by molar-refractivity contribution is 7.11. The highest BCUT2D eigenvalue weighted by atomic mass is 32.1. The van der Waals surface area contributed by atoms with Gasteiger partial charge < -0.3 is 10.2 Å². The van der Waals surface area contributed by atoms with E-state index in [1.807, 2.05) is 0 Å². The minimum absolute atomic E-state index is 0.243. The monoisotopic (exact) mass is 301 g/mol. The van der Waals surface area contributed by atoms with Gasteiger partial charge >= 0.3 is 0 Å². The van der Waals surface area contributed by atoms with Crippen LogP contribution in [-0.2, 0) is 0 Å². The van der Waals surface area contributed by atoms with Gasteiger partial charge in [0.1, 0.15) is 0 Å².